The van der Waals surface area contributed by atoms with Gasteiger partial charge in [-0.2, -0.15) is 0 Å². The molecule has 182 valence electrons. The van der Waals surface area contributed by atoms with Gasteiger partial charge < -0.3 is 19.7 Å². The van der Waals surface area contributed by atoms with Gasteiger partial charge in [0, 0.05) is 66.6 Å². The first-order valence-electron chi connectivity index (χ1n) is 12.1. The second kappa shape index (κ2) is 10.3. The van der Waals surface area contributed by atoms with Gasteiger partial charge in [0.25, 0.3) is 5.91 Å². The molecule has 0 unspecified atom stereocenters. The van der Waals surface area contributed by atoms with Crippen molar-refractivity contribution in [1.29, 1.82) is 0 Å². The average molecular weight is 472 g/mol. The molecule has 4 rings (SSSR count). The monoisotopic (exact) mass is 471 g/mol. The van der Waals surface area contributed by atoms with Crippen molar-refractivity contribution in [2.75, 3.05) is 38.6 Å². The zero-order valence-corrected chi connectivity index (χ0v) is 21.1. The maximum absolute atomic E-state index is 13.4. The highest BCUT2D eigenvalue weighted by Gasteiger charge is 2.24. The fraction of sp³-hybridized carbons (Fsp3) is 0.310. The molecule has 2 aromatic carbocycles. The number of carbonyl (C=O) groups excluding carboxylic acids is 1. The normalized spacial score (nSPS) is 11.9. The number of amides is 1. The Bertz CT molecular complexity index is 1420. The Morgan fingerprint density at radius 3 is 2.54 bits per heavy atom. The Balaban J connectivity index is 2.12. The van der Waals surface area contributed by atoms with Crippen molar-refractivity contribution in [3.8, 4) is 22.5 Å². The predicted molar refractivity (Wildman–Crippen MR) is 142 cm³/mol. The second-order valence-corrected chi connectivity index (χ2v) is 8.78. The summed E-state index contributed by atoms with van der Waals surface area (Å²) < 4.78 is 6.45. The predicted octanol–water partition coefficient (Wildman–Crippen LogP) is 5.24. The SMILES string of the molecule is CC/N=c1/cc2oc3cc(NCC)c(C)cc3c(-c3ccccc3C(=O)N(C)CCO)c-2cc1C. The summed E-state index contributed by atoms with van der Waals surface area (Å²) in [6.45, 7) is 9.88. The molecule has 1 amide bonds. The third-order valence-corrected chi connectivity index (χ3v) is 6.29. The van der Waals surface area contributed by atoms with Crippen LogP contribution in [0.5, 0.6) is 0 Å². The molecular formula is C29H33N3O3. The maximum atomic E-state index is 13.4. The summed E-state index contributed by atoms with van der Waals surface area (Å²) in [7, 11) is 1.71. The van der Waals surface area contributed by atoms with E-state index in [1.807, 2.05) is 50.2 Å². The number of hydrogen-bond acceptors (Lipinski definition) is 5. The van der Waals surface area contributed by atoms with E-state index in [4.69, 9.17) is 4.42 Å². The van der Waals surface area contributed by atoms with E-state index in [-0.39, 0.29) is 19.1 Å². The van der Waals surface area contributed by atoms with E-state index in [0.717, 1.165) is 62.1 Å². The van der Waals surface area contributed by atoms with Gasteiger partial charge in [-0.3, -0.25) is 9.79 Å². The molecule has 0 radical (unpaired) electrons. The summed E-state index contributed by atoms with van der Waals surface area (Å²) in [5.74, 6) is 0.592. The highest BCUT2D eigenvalue weighted by Crippen LogP contribution is 2.43. The number of carbonyl (C=O) groups is 1. The minimum absolute atomic E-state index is 0.0875. The van der Waals surface area contributed by atoms with E-state index >= 15 is 0 Å². The van der Waals surface area contributed by atoms with E-state index in [1.165, 1.54) is 0 Å². The first kappa shape index (κ1) is 24.5. The van der Waals surface area contributed by atoms with Crippen molar-refractivity contribution in [2.45, 2.75) is 27.7 Å². The van der Waals surface area contributed by atoms with Gasteiger partial charge in [0.2, 0.25) is 0 Å². The van der Waals surface area contributed by atoms with Crippen molar-refractivity contribution in [2.24, 2.45) is 4.99 Å². The van der Waals surface area contributed by atoms with Gasteiger partial charge in [-0.1, -0.05) is 18.2 Å². The van der Waals surface area contributed by atoms with Crippen LogP contribution in [0.2, 0.25) is 0 Å². The number of benzene rings is 3. The molecule has 0 saturated heterocycles. The number of rotatable bonds is 7. The number of aliphatic hydroxyl groups is 1. The second-order valence-electron chi connectivity index (χ2n) is 8.78. The van der Waals surface area contributed by atoms with Gasteiger partial charge >= 0.3 is 0 Å². The highest BCUT2D eigenvalue weighted by molar-refractivity contribution is 6.09. The van der Waals surface area contributed by atoms with Gasteiger partial charge in [0.15, 0.2) is 0 Å². The number of hydrogen-bond donors (Lipinski definition) is 2. The van der Waals surface area contributed by atoms with E-state index in [9.17, 15) is 9.90 Å². The van der Waals surface area contributed by atoms with Crippen LogP contribution in [0, 0.1) is 13.8 Å². The molecule has 2 N–H and O–H groups in total. The summed E-state index contributed by atoms with van der Waals surface area (Å²) >= 11 is 0. The van der Waals surface area contributed by atoms with Crippen LogP contribution < -0.4 is 10.7 Å². The highest BCUT2D eigenvalue weighted by atomic mass is 16.3. The molecule has 0 aromatic heterocycles. The largest absolute Gasteiger partial charge is 0.456 e. The zero-order chi connectivity index (χ0) is 25.1. The Morgan fingerprint density at radius 1 is 1.06 bits per heavy atom. The smallest absolute Gasteiger partial charge is 0.254 e. The topological polar surface area (TPSA) is 78.1 Å². The van der Waals surface area contributed by atoms with Crippen LogP contribution in [0.1, 0.15) is 35.3 Å². The van der Waals surface area contributed by atoms with E-state index in [2.05, 4.69) is 36.3 Å². The maximum Gasteiger partial charge on any atom is 0.254 e. The molecule has 0 saturated carbocycles. The summed E-state index contributed by atoms with van der Waals surface area (Å²) in [5.41, 5.74) is 7.24. The third-order valence-electron chi connectivity index (χ3n) is 6.29. The van der Waals surface area contributed by atoms with E-state index in [0.29, 0.717) is 12.1 Å². The number of aryl methyl sites for hydroxylation is 2. The van der Waals surface area contributed by atoms with E-state index in [1.54, 1.807) is 11.9 Å². The minimum atomic E-state index is -0.132. The van der Waals surface area contributed by atoms with Crippen molar-refractivity contribution < 1.29 is 14.3 Å². The molecule has 1 heterocycles. The van der Waals surface area contributed by atoms with Crippen molar-refractivity contribution in [3.05, 3.63) is 70.6 Å². The molecule has 0 fully saturated rings. The number of nitrogens with zero attached hydrogens (tertiary/aromatic N) is 2. The molecular weight excluding hydrogens is 438 g/mol. The van der Waals surface area contributed by atoms with Crippen molar-refractivity contribution in [3.63, 3.8) is 0 Å². The number of aliphatic hydroxyl groups excluding tert-OH is 1. The Labute approximate surface area is 206 Å². The quantitative estimate of drug-likeness (QED) is 0.362. The molecule has 2 aliphatic rings. The first-order chi connectivity index (χ1) is 16.9. The zero-order valence-electron chi connectivity index (χ0n) is 21.1. The van der Waals surface area contributed by atoms with Crippen molar-refractivity contribution in [1.82, 2.24) is 4.90 Å². The third kappa shape index (κ3) is 4.66. The summed E-state index contributed by atoms with van der Waals surface area (Å²) in [6.07, 6.45) is 0. The Morgan fingerprint density at radius 2 is 1.83 bits per heavy atom. The summed E-state index contributed by atoms with van der Waals surface area (Å²) in [4.78, 5) is 19.6. The van der Waals surface area contributed by atoms with Crippen LogP contribution in [-0.2, 0) is 0 Å². The molecule has 2 aromatic rings. The van der Waals surface area contributed by atoms with Crippen LogP contribution in [0.4, 0.5) is 5.69 Å². The van der Waals surface area contributed by atoms with Crippen LogP contribution in [-0.4, -0.2) is 49.2 Å². The molecule has 1 aliphatic heterocycles. The molecule has 6 nitrogen and oxygen atoms in total. The molecule has 0 bridgehead atoms. The fourth-order valence-corrected chi connectivity index (χ4v) is 4.55. The standard InChI is InChI=1S/C29H33N3O3/c1-6-30-24-16-26-22(14-18(24)3)28(23-15-19(4)25(31-7-2)17-27(23)35-26)20-10-8-9-11-21(20)29(34)32(5)12-13-33/h8-11,14-17,30,33H,6-7,12-13H2,1-5H3/b31-25-. The van der Waals surface area contributed by atoms with Crippen LogP contribution in [0.15, 0.2) is 57.9 Å². The minimum Gasteiger partial charge on any atom is -0.456 e. The van der Waals surface area contributed by atoms with Crippen LogP contribution in [0.3, 0.4) is 0 Å². The van der Waals surface area contributed by atoms with E-state index < -0.39 is 0 Å². The molecule has 0 spiro atoms. The van der Waals surface area contributed by atoms with Crippen molar-refractivity contribution >= 4 is 22.6 Å². The van der Waals surface area contributed by atoms with Gasteiger partial charge in [0.1, 0.15) is 11.3 Å². The fourth-order valence-electron chi connectivity index (χ4n) is 4.55. The lowest BCUT2D eigenvalue weighted by Crippen LogP contribution is -2.29. The number of fused-ring (bicyclic) bond motifs is 2. The number of anilines is 1. The summed E-state index contributed by atoms with van der Waals surface area (Å²) in [5, 5.41) is 14.6. The Kier molecular flexibility index (Phi) is 7.22. The van der Waals surface area contributed by atoms with Crippen LogP contribution >= 0.6 is 0 Å². The lowest BCUT2D eigenvalue weighted by Gasteiger charge is -2.22. The molecule has 35 heavy (non-hydrogen) atoms. The molecule has 0 atom stereocenters. The van der Waals surface area contributed by atoms with Gasteiger partial charge in [-0.05, 0) is 62.6 Å². The van der Waals surface area contributed by atoms with Gasteiger partial charge in [0.05, 0.1) is 12.0 Å². The van der Waals surface area contributed by atoms with Gasteiger partial charge in [-0.15, -0.1) is 0 Å². The average Bonchev–Trinajstić information content (AvgIpc) is 2.84. The lowest BCUT2D eigenvalue weighted by atomic mass is 9.89. The molecule has 1 aliphatic carbocycles. The lowest BCUT2D eigenvalue weighted by molar-refractivity contribution is 0.0767. The summed E-state index contributed by atoms with van der Waals surface area (Å²) in [6, 6.07) is 15.9. The van der Waals surface area contributed by atoms with Gasteiger partial charge in [-0.25, -0.2) is 0 Å². The Hall–Kier alpha value is -3.64. The number of nitrogens with one attached hydrogen (secondary N) is 1. The number of likely N-dealkylation sites (N-methyl/N-ethyl adjacent to an activating group) is 1. The van der Waals surface area contributed by atoms with Crippen LogP contribution in [0.25, 0.3) is 33.4 Å². The first-order valence-corrected chi connectivity index (χ1v) is 12.1. The molecule has 6 heteroatoms.